The Kier molecular flexibility index (Phi) is 5.17. The normalized spacial score (nSPS) is 21.6. The molecule has 0 amide bonds. The number of ether oxygens (including phenoxy) is 2. The standard InChI is InChI=1S/C23H27NO3/c1-3-4-17-5-7-18(8-6-17)21-12-19(14-24(21)9-10-25)20-13-23-22(11-16(20)2)26-15-27-23/h5-8,10-11,13,19,21H,3-4,9,12,14-15H2,1-2H3/t19-,21-/m1/s1. The SMILES string of the molecule is CCCc1ccc([C@H]2C[C@@H](c3cc4c(cc3C)OCO4)CN2CC=O)cc1. The molecule has 2 atom stereocenters. The number of aryl methyl sites for hydroxylation is 2. The van der Waals surface area contributed by atoms with Crippen molar-refractivity contribution < 1.29 is 14.3 Å². The van der Waals surface area contributed by atoms with Crippen LogP contribution in [0.2, 0.25) is 0 Å². The minimum absolute atomic E-state index is 0.278. The molecule has 4 nitrogen and oxygen atoms in total. The van der Waals surface area contributed by atoms with E-state index in [1.807, 2.05) is 0 Å². The molecular formula is C23H27NO3. The molecule has 0 aliphatic carbocycles. The van der Waals surface area contributed by atoms with E-state index in [0.717, 1.165) is 43.6 Å². The molecule has 27 heavy (non-hydrogen) atoms. The summed E-state index contributed by atoms with van der Waals surface area (Å²) in [7, 11) is 0. The summed E-state index contributed by atoms with van der Waals surface area (Å²) >= 11 is 0. The lowest BCUT2D eigenvalue weighted by Crippen LogP contribution is -2.25. The highest BCUT2D eigenvalue weighted by Gasteiger charge is 2.35. The van der Waals surface area contributed by atoms with Gasteiger partial charge in [0.05, 0.1) is 6.54 Å². The first-order chi connectivity index (χ1) is 13.2. The van der Waals surface area contributed by atoms with Crippen LogP contribution in [0, 0.1) is 6.92 Å². The Morgan fingerprint density at radius 1 is 1.15 bits per heavy atom. The van der Waals surface area contributed by atoms with E-state index < -0.39 is 0 Å². The fraction of sp³-hybridized carbons (Fsp3) is 0.435. The van der Waals surface area contributed by atoms with Gasteiger partial charge >= 0.3 is 0 Å². The van der Waals surface area contributed by atoms with Crippen LogP contribution in [0.25, 0.3) is 0 Å². The zero-order valence-corrected chi connectivity index (χ0v) is 16.1. The van der Waals surface area contributed by atoms with E-state index in [1.54, 1.807) is 0 Å². The maximum atomic E-state index is 11.3. The van der Waals surface area contributed by atoms with Crippen molar-refractivity contribution in [3.05, 3.63) is 58.7 Å². The van der Waals surface area contributed by atoms with E-state index >= 15 is 0 Å². The zero-order valence-electron chi connectivity index (χ0n) is 16.1. The molecule has 0 bridgehead atoms. The Morgan fingerprint density at radius 3 is 2.59 bits per heavy atom. The van der Waals surface area contributed by atoms with E-state index in [-0.39, 0.29) is 6.04 Å². The summed E-state index contributed by atoms with van der Waals surface area (Å²) < 4.78 is 11.1. The highest BCUT2D eigenvalue weighted by atomic mass is 16.7. The van der Waals surface area contributed by atoms with Crippen LogP contribution >= 0.6 is 0 Å². The minimum atomic E-state index is 0.278. The second kappa shape index (κ2) is 7.73. The Balaban J connectivity index is 1.59. The van der Waals surface area contributed by atoms with Crippen molar-refractivity contribution >= 4 is 6.29 Å². The van der Waals surface area contributed by atoms with Crippen LogP contribution in [0.1, 0.15) is 54.0 Å². The van der Waals surface area contributed by atoms with Gasteiger partial charge in [0.2, 0.25) is 6.79 Å². The fourth-order valence-corrected chi connectivity index (χ4v) is 4.47. The maximum absolute atomic E-state index is 11.3. The summed E-state index contributed by atoms with van der Waals surface area (Å²) in [5.74, 6) is 2.06. The summed E-state index contributed by atoms with van der Waals surface area (Å²) in [4.78, 5) is 13.6. The van der Waals surface area contributed by atoms with E-state index in [4.69, 9.17) is 9.47 Å². The Morgan fingerprint density at radius 2 is 1.89 bits per heavy atom. The third kappa shape index (κ3) is 3.59. The van der Waals surface area contributed by atoms with E-state index in [1.165, 1.54) is 22.3 Å². The predicted octanol–water partition coefficient (Wildman–Crippen LogP) is 4.41. The molecule has 2 aromatic rings. The number of carbonyl (C=O) groups is 1. The highest BCUT2D eigenvalue weighted by molar-refractivity contribution is 5.53. The molecule has 0 unspecified atom stereocenters. The molecule has 0 radical (unpaired) electrons. The lowest BCUT2D eigenvalue weighted by Gasteiger charge is -2.22. The van der Waals surface area contributed by atoms with Gasteiger partial charge in [-0.3, -0.25) is 4.90 Å². The minimum Gasteiger partial charge on any atom is -0.454 e. The lowest BCUT2D eigenvalue weighted by molar-refractivity contribution is -0.109. The average Bonchev–Trinajstić information content (AvgIpc) is 3.29. The van der Waals surface area contributed by atoms with Gasteiger partial charge in [0.15, 0.2) is 11.5 Å². The van der Waals surface area contributed by atoms with Gasteiger partial charge in [-0.2, -0.15) is 0 Å². The zero-order chi connectivity index (χ0) is 18.8. The van der Waals surface area contributed by atoms with Crippen molar-refractivity contribution in [1.29, 1.82) is 0 Å². The van der Waals surface area contributed by atoms with Crippen LogP contribution in [-0.4, -0.2) is 31.1 Å². The summed E-state index contributed by atoms with van der Waals surface area (Å²) in [6.45, 7) is 6.00. The first-order valence-corrected chi connectivity index (χ1v) is 9.86. The van der Waals surface area contributed by atoms with E-state index in [0.29, 0.717) is 19.3 Å². The molecule has 2 aliphatic rings. The molecule has 4 heteroatoms. The molecule has 1 saturated heterocycles. The average molecular weight is 365 g/mol. The van der Waals surface area contributed by atoms with Gasteiger partial charge in [-0.1, -0.05) is 37.6 Å². The topological polar surface area (TPSA) is 38.8 Å². The quantitative estimate of drug-likeness (QED) is 0.711. The van der Waals surface area contributed by atoms with Gasteiger partial charge in [0.25, 0.3) is 0 Å². The molecule has 0 saturated carbocycles. The molecule has 2 aromatic carbocycles. The van der Waals surface area contributed by atoms with Gasteiger partial charge in [-0.15, -0.1) is 0 Å². The highest BCUT2D eigenvalue weighted by Crippen LogP contribution is 2.44. The van der Waals surface area contributed by atoms with Crippen LogP contribution in [0.5, 0.6) is 11.5 Å². The predicted molar refractivity (Wildman–Crippen MR) is 105 cm³/mol. The summed E-state index contributed by atoms with van der Waals surface area (Å²) in [5, 5.41) is 0. The fourth-order valence-electron chi connectivity index (χ4n) is 4.47. The maximum Gasteiger partial charge on any atom is 0.231 e. The first kappa shape index (κ1) is 18.1. The second-order valence-electron chi connectivity index (χ2n) is 7.62. The molecule has 2 aliphatic heterocycles. The van der Waals surface area contributed by atoms with E-state index in [9.17, 15) is 4.79 Å². The van der Waals surface area contributed by atoms with Gasteiger partial charge in [-0.25, -0.2) is 0 Å². The number of aldehydes is 1. The smallest absolute Gasteiger partial charge is 0.231 e. The number of hydrogen-bond acceptors (Lipinski definition) is 4. The van der Waals surface area contributed by atoms with Crippen molar-refractivity contribution in [3.63, 3.8) is 0 Å². The van der Waals surface area contributed by atoms with Crippen molar-refractivity contribution in [1.82, 2.24) is 4.90 Å². The molecule has 0 aromatic heterocycles. The van der Waals surface area contributed by atoms with Gasteiger partial charge < -0.3 is 14.3 Å². The molecule has 142 valence electrons. The molecule has 0 spiro atoms. The van der Waals surface area contributed by atoms with Gasteiger partial charge in [-0.05, 0) is 60.1 Å². The number of carbonyl (C=O) groups excluding carboxylic acids is 1. The van der Waals surface area contributed by atoms with Crippen molar-refractivity contribution in [3.8, 4) is 11.5 Å². The summed E-state index contributed by atoms with van der Waals surface area (Å²) in [6, 6.07) is 13.4. The Bertz CT molecular complexity index is 815. The number of fused-ring (bicyclic) bond motifs is 1. The molecule has 4 rings (SSSR count). The van der Waals surface area contributed by atoms with Crippen LogP contribution in [-0.2, 0) is 11.2 Å². The molecule has 0 N–H and O–H groups in total. The Labute approximate surface area is 161 Å². The van der Waals surface area contributed by atoms with Crippen LogP contribution in [0.15, 0.2) is 36.4 Å². The summed E-state index contributed by atoms with van der Waals surface area (Å²) in [5.41, 5.74) is 5.22. The largest absolute Gasteiger partial charge is 0.454 e. The van der Waals surface area contributed by atoms with Crippen molar-refractivity contribution in [2.45, 2.75) is 45.1 Å². The number of hydrogen-bond donors (Lipinski definition) is 0. The van der Waals surface area contributed by atoms with E-state index in [2.05, 4.69) is 55.1 Å². The van der Waals surface area contributed by atoms with Crippen molar-refractivity contribution in [2.24, 2.45) is 0 Å². The van der Waals surface area contributed by atoms with Crippen LogP contribution < -0.4 is 9.47 Å². The van der Waals surface area contributed by atoms with Gasteiger partial charge in [0.1, 0.15) is 6.29 Å². The third-order valence-corrected chi connectivity index (χ3v) is 5.82. The molecule has 2 heterocycles. The molecule has 1 fully saturated rings. The summed E-state index contributed by atoms with van der Waals surface area (Å²) in [6.07, 6.45) is 4.31. The number of likely N-dealkylation sites (tertiary alicyclic amines) is 1. The monoisotopic (exact) mass is 365 g/mol. The third-order valence-electron chi connectivity index (χ3n) is 5.82. The van der Waals surface area contributed by atoms with Gasteiger partial charge in [0, 0.05) is 12.6 Å². The molecular weight excluding hydrogens is 338 g/mol. The number of benzene rings is 2. The first-order valence-electron chi connectivity index (χ1n) is 9.86. The van der Waals surface area contributed by atoms with Crippen molar-refractivity contribution in [2.75, 3.05) is 19.9 Å². The second-order valence-corrected chi connectivity index (χ2v) is 7.62. The Hall–Kier alpha value is -2.33. The van der Waals surface area contributed by atoms with Crippen LogP contribution in [0.3, 0.4) is 0 Å². The van der Waals surface area contributed by atoms with Crippen LogP contribution in [0.4, 0.5) is 0 Å². The number of rotatable bonds is 6. The lowest BCUT2D eigenvalue weighted by atomic mass is 9.90. The number of nitrogens with zero attached hydrogens (tertiary/aromatic N) is 1.